The Hall–Kier alpha value is -3.48. The van der Waals surface area contributed by atoms with E-state index in [0.717, 1.165) is 25.7 Å². The molecule has 2 amide bonds. The third-order valence-corrected chi connectivity index (χ3v) is 7.35. The molecule has 1 aliphatic carbocycles. The van der Waals surface area contributed by atoms with E-state index in [1.165, 1.54) is 18.2 Å². The molecule has 0 atom stereocenters. The molecule has 0 unspecified atom stereocenters. The number of carboxylic acids is 1. The maximum Gasteiger partial charge on any atom is 0.335 e. The second kappa shape index (κ2) is 12.0. The molecule has 192 valence electrons. The lowest BCUT2D eigenvalue weighted by Crippen LogP contribution is -2.43. The molecule has 0 spiro atoms. The first kappa shape index (κ1) is 27.1. The van der Waals surface area contributed by atoms with Gasteiger partial charge < -0.3 is 15.7 Å². The van der Waals surface area contributed by atoms with E-state index in [1.54, 1.807) is 29.2 Å². The lowest BCUT2D eigenvalue weighted by Gasteiger charge is -2.36. The molecule has 0 bridgehead atoms. The number of amides is 2. The number of carboxylic acid groups (broad SMARTS) is 1. The second-order valence-electron chi connectivity index (χ2n) is 9.98. The van der Waals surface area contributed by atoms with Crippen LogP contribution in [0.4, 0.5) is 5.69 Å². The van der Waals surface area contributed by atoms with Crippen LogP contribution in [-0.4, -0.2) is 35.2 Å². The minimum Gasteiger partial charge on any atom is -0.478 e. The van der Waals surface area contributed by atoms with Gasteiger partial charge in [-0.05, 0) is 50.3 Å². The summed E-state index contributed by atoms with van der Waals surface area (Å²) in [5, 5.41) is 9.65. The summed E-state index contributed by atoms with van der Waals surface area (Å²) < 4.78 is 0. The van der Waals surface area contributed by atoms with Crippen LogP contribution in [0.15, 0.2) is 48.5 Å². The molecule has 3 N–H and O–H groups in total. The second-order valence-corrected chi connectivity index (χ2v) is 9.98. The number of hydrogen-bond donors (Lipinski definition) is 2. The Morgan fingerprint density at radius 1 is 0.972 bits per heavy atom. The standard InChI is InChI=1S/C29H36N2O5/c1-3-4-5-9-18-31(26(33)21-14-16-29(2,17-15-21)28(30)36)24-19-22(27(34)35)12-13-23(24)25(32)20-10-7-6-8-11-20/h6-8,10-13,19,21H,3-5,9,14-18H2,1-2H3,(H2,30,36)(H,34,35). The maximum atomic E-state index is 13.9. The number of hydrogen-bond acceptors (Lipinski definition) is 4. The highest BCUT2D eigenvalue weighted by molar-refractivity contribution is 6.15. The van der Waals surface area contributed by atoms with E-state index >= 15 is 0 Å². The van der Waals surface area contributed by atoms with Crippen molar-refractivity contribution in [1.29, 1.82) is 0 Å². The fourth-order valence-electron chi connectivity index (χ4n) is 4.84. The Labute approximate surface area is 212 Å². The molecule has 1 saturated carbocycles. The molecule has 2 aromatic rings. The topological polar surface area (TPSA) is 118 Å². The van der Waals surface area contributed by atoms with E-state index in [4.69, 9.17) is 5.73 Å². The first-order chi connectivity index (χ1) is 17.2. The predicted octanol–water partition coefficient (Wildman–Crippen LogP) is 5.21. The minimum atomic E-state index is -1.12. The monoisotopic (exact) mass is 492 g/mol. The van der Waals surface area contributed by atoms with E-state index < -0.39 is 11.4 Å². The van der Waals surface area contributed by atoms with Crippen molar-refractivity contribution in [2.45, 2.75) is 65.2 Å². The lowest BCUT2D eigenvalue weighted by molar-refractivity contribution is -0.132. The summed E-state index contributed by atoms with van der Waals surface area (Å²) in [7, 11) is 0. The third-order valence-electron chi connectivity index (χ3n) is 7.35. The molecule has 7 heteroatoms. The van der Waals surface area contributed by atoms with E-state index in [2.05, 4.69) is 6.92 Å². The number of primary amides is 1. The van der Waals surface area contributed by atoms with E-state index in [-0.39, 0.29) is 29.1 Å². The van der Waals surface area contributed by atoms with E-state index in [0.29, 0.717) is 49.0 Å². The van der Waals surface area contributed by atoms with Gasteiger partial charge in [-0.3, -0.25) is 14.4 Å². The van der Waals surface area contributed by atoms with Crippen LogP contribution in [0, 0.1) is 11.3 Å². The summed E-state index contributed by atoms with van der Waals surface area (Å²) in [6.07, 6.45) is 5.80. The Morgan fingerprint density at radius 3 is 2.22 bits per heavy atom. The van der Waals surface area contributed by atoms with Gasteiger partial charge in [0, 0.05) is 29.0 Å². The van der Waals surface area contributed by atoms with Crippen LogP contribution >= 0.6 is 0 Å². The average molecular weight is 493 g/mol. The number of aromatic carboxylic acids is 1. The molecule has 1 fully saturated rings. The van der Waals surface area contributed by atoms with Crippen molar-refractivity contribution in [2.24, 2.45) is 17.1 Å². The van der Waals surface area contributed by atoms with Gasteiger partial charge >= 0.3 is 5.97 Å². The van der Waals surface area contributed by atoms with Gasteiger partial charge in [0.1, 0.15) is 0 Å². The van der Waals surface area contributed by atoms with Crippen molar-refractivity contribution in [3.05, 3.63) is 65.2 Å². The fourth-order valence-corrected chi connectivity index (χ4v) is 4.84. The van der Waals surface area contributed by atoms with Crippen molar-refractivity contribution < 1.29 is 24.3 Å². The zero-order chi connectivity index (χ0) is 26.3. The zero-order valence-corrected chi connectivity index (χ0v) is 21.2. The quantitative estimate of drug-likeness (QED) is 0.330. The highest BCUT2D eigenvalue weighted by atomic mass is 16.4. The van der Waals surface area contributed by atoms with Crippen LogP contribution in [0.3, 0.4) is 0 Å². The molecule has 0 heterocycles. The fraction of sp³-hybridized carbons (Fsp3) is 0.448. The van der Waals surface area contributed by atoms with E-state index in [9.17, 15) is 24.3 Å². The number of benzene rings is 2. The Balaban J connectivity index is 2.00. The van der Waals surface area contributed by atoms with Crippen LogP contribution in [0.25, 0.3) is 0 Å². The summed E-state index contributed by atoms with van der Waals surface area (Å²) in [5.41, 5.74) is 6.08. The minimum absolute atomic E-state index is 0.0194. The normalized spacial score (nSPS) is 19.4. The van der Waals surface area contributed by atoms with Crippen molar-refractivity contribution in [1.82, 2.24) is 0 Å². The Kier molecular flexibility index (Phi) is 9.02. The summed E-state index contributed by atoms with van der Waals surface area (Å²) >= 11 is 0. The summed E-state index contributed by atoms with van der Waals surface area (Å²) in [4.78, 5) is 52.6. The highest BCUT2D eigenvalue weighted by Gasteiger charge is 2.39. The number of ketones is 1. The Bertz CT molecular complexity index is 1100. The molecule has 0 aromatic heterocycles. The molecule has 0 saturated heterocycles. The number of nitrogens with zero attached hydrogens (tertiary/aromatic N) is 1. The van der Waals surface area contributed by atoms with Crippen molar-refractivity contribution in [3.63, 3.8) is 0 Å². The smallest absolute Gasteiger partial charge is 0.335 e. The van der Waals surface area contributed by atoms with Gasteiger partial charge in [0.25, 0.3) is 0 Å². The van der Waals surface area contributed by atoms with Crippen molar-refractivity contribution in [2.75, 3.05) is 11.4 Å². The molecule has 36 heavy (non-hydrogen) atoms. The first-order valence-corrected chi connectivity index (χ1v) is 12.8. The molecular weight excluding hydrogens is 456 g/mol. The maximum absolute atomic E-state index is 13.9. The summed E-state index contributed by atoms with van der Waals surface area (Å²) in [6, 6.07) is 13.1. The largest absolute Gasteiger partial charge is 0.478 e. The molecule has 7 nitrogen and oxygen atoms in total. The number of unbranched alkanes of at least 4 members (excludes halogenated alkanes) is 3. The number of carbonyl (C=O) groups excluding carboxylic acids is 3. The van der Waals surface area contributed by atoms with Crippen molar-refractivity contribution >= 4 is 29.3 Å². The highest BCUT2D eigenvalue weighted by Crippen LogP contribution is 2.40. The lowest BCUT2D eigenvalue weighted by atomic mass is 9.71. The van der Waals surface area contributed by atoms with Gasteiger partial charge in [-0.2, -0.15) is 0 Å². The molecule has 0 aliphatic heterocycles. The Morgan fingerprint density at radius 2 is 1.64 bits per heavy atom. The SMILES string of the molecule is CCCCCCN(C(=O)C1CCC(C)(C(N)=O)CC1)c1cc(C(=O)O)ccc1C(=O)c1ccccc1. The predicted molar refractivity (Wildman–Crippen MR) is 139 cm³/mol. The average Bonchev–Trinajstić information content (AvgIpc) is 2.88. The van der Waals surface area contributed by atoms with Gasteiger partial charge in [-0.25, -0.2) is 4.79 Å². The van der Waals surface area contributed by atoms with E-state index in [1.807, 2.05) is 13.0 Å². The van der Waals surface area contributed by atoms with Crippen LogP contribution in [0.1, 0.15) is 91.5 Å². The van der Waals surface area contributed by atoms with Gasteiger partial charge in [-0.15, -0.1) is 0 Å². The molecular formula is C29H36N2O5. The van der Waals surface area contributed by atoms with Crippen LogP contribution in [0.2, 0.25) is 0 Å². The third kappa shape index (κ3) is 6.20. The number of nitrogens with two attached hydrogens (primary N) is 1. The molecule has 2 aromatic carbocycles. The summed E-state index contributed by atoms with van der Waals surface area (Å²) in [5.74, 6) is -2.20. The van der Waals surface area contributed by atoms with Gasteiger partial charge in [0.2, 0.25) is 11.8 Å². The van der Waals surface area contributed by atoms with Crippen LogP contribution in [0.5, 0.6) is 0 Å². The summed E-state index contributed by atoms with van der Waals surface area (Å²) in [6.45, 7) is 4.33. The molecule has 3 rings (SSSR count). The number of anilines is 1. The molecule has 0 radical (unpaired) electrons. The number of rotatable bonds is 11. The van der Waals surface area contributed by atoms with Crippen LogP contribution in [-0.2, 0) is 9.59 Å². The van der Waals surface area contributed by atoms with Gasteiger partial charge in [0.05, 0.1) is 11.3 Å². The molecule has 1 aliphatic rings. The first-order valence-electron chi connectivity index (χ1n) is 12.8. The van der Waals surface area contributed by atoms with Crippen molar-refractivity contribution in [3.8, 4) is 0 Å². The van der Waals surface area contributed by atoms with Gasteiger partial charge in [0.15, 0.2) is 5.78 Å². The van der Waals surface area contributed by atoms with Gasteiger partial charge in [-0.1, -0.05) is 63.4 Å². The van der Waals surface area contributed by atoms with Crippen LogP contribution < -0.4 is 10.6 Å². The number of carbonyl (C=O) groups is 4. The zero-order valence-electron chi connectivity index (χ0n) is 21.2.